The second kappa shape index (κ2) is 10.5. The number of aromatic nitrogens is 3. The summed E-state index contributed by atoms with van der Waals surface area (Å²) < 4.78 is 35.9. The van der Waals surface area contributed by atoms with E-state index in [2.05, 4.69) is 11.9 Å². The van der Waals surface area contributed by atoms with Gasteiger partial charge in [0.05, 0.1) is 17.1 Å². The number of benzene rings is 1. The van der Waals surface area contributed by atoms with Crippen molar-refractivity contribution in [3.63, 3.8) is 0 Å². The molecule has 0 aliphatic carbocycles. The Kier molecular flexibility index (Phi) is 7.63. The SMILES string of the molecule is CCCc1cc(C)c2c(=O)[nH]c(-c3cc(S(=O)(=O)N4CCC(CCO)CC4)ccc3OCC)nn12. The number of aliphatic hydroxyl groups excluding tert-OH is 1. The summed E-state index contributed by atoms with van der Waals surface area (Å²) in [6, 6.07) is 6.68. The molecule has 0 saturated carbocycles. The fraction of sp³-hybridized carbons (Fsp3) is 0.520. The van der Waals surface area contributed by atoms with E-state index < -0.39 is 10.0 Å². The number of sulfonamides is 1. The van der Waals surface area contributed by atoms with Gasteiger partial charge >= 0.3 is 0 Å². The number of H-pyrrole nitrogens is 1. The Hall–Kier alpha value is -2.69. The summed E-state index contributed by atoms with van der Waals surface area (Å²) in [5, 5.41) is 13.9. The van der Waals surface area contributed by atoms with Crippen LogP contribution in [0.2, 0.25) is 0 Å². The van der Waals surface area contributed by atoms with E-state index in [1.807, 2.05) is 19.9 Å². The van der Waals surface area contributed by atoms with Crippen molar-refractivity contribution in [1.82, 2.24) is 18.9 Å². The second-order valence-corrected chi connectivity index (χ2v) is 11.0. The van der Waals surface area contributed by atoms with Gasteiger partial charge in [-0.25, -0.2) is 12.9 Å². The molecule has 4 rings (SSSR count). The van der Waals surface area contributed by atoms with Crippen LogP contribution >= 0.6 is 0 Å². The van der Waals surface area contributed by atoms with Gasteiger partial charge in [0.2, 0.25) is 10.0 Å². The van der Waals surface area contributed by atoms with Gasteiger partial charge in [0, 0.05) is 25.4 Å². The summed E-state index contributed by atoms with van der Waals surface area (Å²) in [6.45, 7) is 7.13. The number of ether oxygens (including phenoxy) is 1. The van der Waals surface area contributed by atoms with Crippen LogP contribution in [0.1, 0.15) is 50.8 Å². The molecule has 0 spiro atoms. The third-order valence-electron chi connectivity index (χ3n) is 6.65. The minimum atomic E-state index is -3.74. The smallest absolute Gasteiger partial charge is 0.275 e. The van der Waals surface area contributed by atoms with E-state index in [0.29, 0.717) is 48.9 Å². The molecule has 1 fully saturated rings. The van der Waals surface area contributed by atoms with Crippen LogP contribution in [0.3, 0.4) is 0 Å². The molecule has 0 unspecified atom stereocenters. The zero-order chi connectivity index (χ0) is 25.2. The van der Waals surface area contributed by atoms with Gasteiger partial charge in [0.1, 0.15) is 11.3 Å². The molecule has 1 aliphatic rings. The molecule has 1 aliphatic heterocycles. The summed E-state index contributed by atoms with van der Waals surface area (Å²) in [7, 11) is -3.74. The largest absolute Gasteiger partial charge is 0.493 e. The lowest BCUT2D eigenvalue weighted by Crippen LogP contribution is -2.38. The van der Waals surface area contributed by atoms with Gasteiger partial charge in [0.25, 0.3) is 5.56 Å². The summed E-state index contributed by atoms with van der Waals surface area (Å²) in [4.78, 5) is 16.0. The first-order valence-corrected chi connectivity index (χ1v) is 13.7. The lowest BCUT2D eigenvalue weighted by atomic mass is 9.95. The van der Waals surface area contributed by atoms with Crippen molar-refractivity contribution in [3.05, 3.63) is 45.9 Å². The zero-order valence-corrected chi connectivity index (χ0v) is 21.4. The molecule has 0 bridgehead atoms. The number of aliphatic hydroxyl groups is 1. The molecule has 3 heterocycles. The number of hydrogen-bond acceptors (Lipinski definition) is 6. The van der Waals surface area contributed by atoms with Gasteiger partial charge in [-0.2, -0.15) is 4.31 Å². The highest BCUT2D eigenvalue weighted by Gasteiger charge is 2.30. The molecule has 0 radical (unpaired) electrons. The van der Waals surface area contributed by atoms with Crippen LogP contribution in [-0.4, -0.2) is 58.7 Å². The van der Waals surface area contributed by atoms with Crippen molar-refractivity contribution in [2.24, 2.45) is 5.92 Å². The van der Waals surface area contributed by atoms with Crippen LogP contribution in [0.4, 0.5) is 0 Å². The predicted octanol–water partition coefficient (Wildman–Crippen LogP) is 3.13. The lowest BCUT2D eigenvalue weighted by molar-refractivity contribution is 0.208. The highest BCUT2D eigenvalue weighted by atomic mass is 32.2. The molecule has 3 aromatic rings. The fourth-order valence-electron chi connectivity index (χ4n) is 4.83. The minimum Gasteiger partial charge on any atom is -0.493 e. The third-order valence-corrected chi connectivity index (χ3v) is 8.54. The Bertz CT molecular complexity index is 1350. The van der Waals surface area contributed by atoms with Gasteiger partial charge < -0.3 is 14.8 Å². The Balaban J connectivity index is 1.78. The van der Waals surface area contributed by atoms with E-state index in [1.54, 1.807) is 22.7 Å². The molecule has 1 aromatic carbocycles. The number of nitrogens with zero attached hydrogens (tertiary/aromatic N) is 3. The molecular weight excluding hydrogens is 468 g/mol. The van der Waals surface area contributed by atoms with Crippen molar-refractivity contribution < 1.29 is 18.3 Å². The number of aryl methyl sites for hydroxylation is 2. The molecular formula is C25H34N4O5S. The van der Waals surface area contributed by atoms with Crippen molar-refractivity contribution in [2.45, 2.75) is 57.8 Å². The minimum absolute atomic E-state index is 0.121. The number of aromatic amines is 1. The zero-order valence-electron chi connectivity index (χ0n) is 20.6. The molecule has 9 nitrogen and oxygen atoms in total. The molecule has 2 N–H and O–H groups in total. The number of hydrogen-bond donors (Lipinski definition) is 2. The van der Waals surface area contributed by atoms with Gasteiger partial charge in [-0.15, -0.1) is 5.10 Å². The summed E-state index contributed by atoms with van der Waals surface area (Å²) >= 11 is 0. The molecule has 1 saturated heterocycles. The number of piperidine rings is 1. The van der Waals surface area contributed by atoms with Gasteiger partial charge in [-0.05, 0) is 75.3 Å². The van der Waals surface area contributed by atoms with Gasteiger partial charge in [0.15, 0.2) is 5.82 Å². The monoisotopic (exact) mass is 502 g/mol. The number of fused-ring (bicyclic) bond motifs is 1. The Morgan fingerprint density at radius 3 is 2.60 bits per heavy atom. The van der Waals surface area contributed by atoms with Gasteiger partial charge in [-0.1, -0.05) is 13.3 Å². The molecule has 35 heavy (non-hydrogen) atoms. The predicted molar refractivity (Wildman–Crippen MR) is 134 cm³/mol. The normalized spacial score (nSPS) is 15.7. The van der Waals surface area contributed by atoms with Crippen molar-refractivity contribution >= 4 is 15.5 Å². The van der Waals surface area contributed by atoms with E-state index in [9.17, 15) is 18.3 Å². The second-order valence-electron chi connectivity index (χ2n) is 9.08. The maximum absolute atomic E-state index is 13.5. The third kappa shape index (κ3) is 5.00. The quantitative estimate of drug-likeness (QED) is 0.464. The first kappa shape index (κ1) is 25.4. The summed E-state index contributed by atoms with van der Waals surface area (Å²) in [5.41, 5.74) is 2.41. The molecule has 2 aromatic heterocycles. The average Bonchev–Trinajstić information content (AvgIpc) is 3.15. The van der Waals surface area contributed by atoms with E-state index in [1.165, 1.54) is 4.31 Å². The Morgan fingerprint density at radius 1 is 1.20 bits per heavy atom. The highest BCUT2D eigenvalue weighted by molar-refractivity contribution is 7.89. The van der Waals surface area contributed by atoms with Crippen molar-refractivity contribution in [2.75, 3.05) is 26.3 Å². The molecule has 190 valence electrons. The standard InChI is InChI=1S/C25H34N4O5S/c1-4-6-19-15-17(3)23-25(31)26-24(27-29(19)23)21-16-20(7-8-22(21)34-5-2)35(32,33)28-12-9-18(10-13-28)11-14-30/h7-8,15-16,18,30H,4-6,9-14H2,1-3H3,(H,26,27,31). The van der Waals surface area contributed by atoms with E-state index >= 15 is 0 Å². The van der Waals surface area contributed by atoms with Crippen molar-refractivity contribution in [3.8, 4) is 17.1 Å². The average molecular weight is 503 g/mol. The first-order valence-electron chi connectivity index (χ1n) is 12.3. The maximum Gasteiger partial charge on any atom is 0.275 e. The maximum atomic E-state index is 13.5. The fourth-order valence-corrected chi connectivity index (χ4v) is 6.33. The van der Waals surface area contributed by atoms with Crippen LogP contribution < -0.4 is 10.3 Å². The lowest BCUT2D eigenvalue weighted by Gasteiger charge is -2.31. The Morgan fingerprint density at radius 2 is 1.94 bits per heavy atom. The highest BCUT2D eigenvalue weighted by Crippen LogP contribution is 2.33. The number of rotatable bonds is 9. The van der Waals surface area contributed by atoms with Crippen LogP contribution in [0.5, 0.6) is 5.75 Å². The number of nitrogens with one attached hydrogen (secondary N) is 1. The summed E-state index contributed by atoms with van der Waals surface area (Å²) in [6.07, 6.45) is 3.82. The molecule has 0 amide bonds. The van der Waals surface area contributed by atoms with Crippen LogP contribution in [0.15, 0.2) is 34.0 Å². The van der Waals surface area contributed by atoms with E-state index in [0.717, 1.165) is 36.9 Å². The van der Waals surface area contributed by atoms with E-state index in [4.69, 9.17) is 9.84 Å². The van der Waals surface area contributed by atoms with Crippen LogP contribution in [0.25, 0.3) is 16.9 Å². The topological polar surface area (TPSA) is 117 Å². The van der Waals surface area contributed by atoms with Crippen LogP contribution in [-0.2, 0) is 16.4 Å². The first-order chi connectivity index (χ1) is 16.8. The summed E-state index contributed by atoms with van der Waals surface area (Å²) in [5.74, 6) is 1.06. The van der Waals surface area contributed by atoms with Crippen LogP contribution in [0, 0.1) is 12.8 Å². The Labute approximate surface area is 205 Å². The molecule has 10 heteroatoms. The van der Waals surface area contributed by atoms with E-state index in [-0.39, 0.29) is 22.9 Å². The van der Waals surface area contributed by atoms with Crippen molar-refractivity contribution in [1.29, 1.82) is 0 Å². The molecule has 0 atom stereocenters. The van der Waals surface area contributed by atoms with Gasteiger partial charge in [-0.3, -0.25) is 4.79 Å².